The van der Waals surface area contributed by atoms with E-state index in [1.165, 1.54) is 36.4 Å². The number of carbonyl (C=O) groups excluding carboxylic acids is 1. The van der Waals surface area contributed by atoms with Crippen molar-refractivity contribution in [3.8, 4) is 0 Å². The summed E-state index contributed by atoms with van der Waals surface area (Å²) in [5.41, 5.74) is -0.119. The molecular weight excluding hydrogens is 319 g/mol. The van der Waals surface area contributed by atoms with Crippen molar-refractivity contribution in [1.29, 1.82) is 0 Å². The van der Waals surface area contributed by atoms with E-state index in [0.29, 0.717) is 0 Å². The van der Waals surface area contributed by atoms with Crippen LogP contribution in [0, 0.1) is 5.82 Å². The molecule has 5 nitrogen and oxygen atoms in total. The number of anilines is 1. The van der Waals surface area contributed by atoms with Gasteiger partial charge in [-0.2, -0.15) is 0 Å². The molecule has 8 heteroatoms. The van der Waals surface area contributed by atoms with E-state index >= 15 is 0 Å². The Labute approximate surface area is 125 Å². The van der Waals surface area contributed by atoms with Crippen LogP contribution in [0.5, 0.6) is 0 Å². The van der Waals surface area contributed by atoms with Gasteiger partial charge in [-0.25, -0.2) is 17.9 Å². The second kappa shape index (κ2) is 5.80. The summed E-state index contributed by atoms with van der Waals surface area (Å²) in [4.78, 5) is 11.8. The lowest BCUT2D eigenvalue weighted by atomic mass is 10.2. The molecule has 1 amide bonds. The number of hydrogen-bond acceptors (Lipinski definition) is 3. The molecule has 21 heavy (non-hydrogen) atoms. The first-order valence-electron chi connectivity index (χ1n) is 5.68. The maximum Gasteiger partial charge on any atom is 0.257 e. The monoisotopic (exact) mass is 328 g/mol. The fourth-order valence-electron chi connectivity index (χ4n) is 1.69. The van der Waals surface area contributed by atoms with Crippen molar-refractivity contribution in [2.75, 3.05) is 5.32 Å². The van der Waals surface area contributed by atoms with Crippen molar-refractivity contribution < 1.29 is 17.6 Å². The molecule has 0 atom stereocenters. The van der Waals surface area contributed by atoms with Crippen LogP contribution < -0.4 is 10.5 Å². The van der Waals surface area contributed by atoms with Crippen molar-refractivity contribution in [3.63, 3.8) is 0 Å². The average Bonchev–Trinajstić information content (AvgIpc) is 2.41. The number of rotatable bonds is 3. The SMILES string of the molecule is NS(=O)(=O)c1ccccc1NC(=O)c1cccc(F)c1Cl. The summed E-state index contributed by atoms with van der Waals surface area (Å²) in [6.07, 6.45) is 0. The summed E-state index contributed by atoms with van der Waals surface area (Å²) in [6, 6.07) is 9.35. The molecule has 0 radical (unpaired) electrons. The van der Waals surface area contributed by atoms with E-state index in [1.807, 2.05) is 0 Å². The molecule has 3 N–H and O–H groups in total. The van der Waals surface area contributed by atoms with E-state index in [0.717, 1.165) is 6.07 Å². The molecule has 0 aliphatic rings. The number of nitrogens with two attached hydrogens (primary N) is 1. The Balaban J connectivity index is 2.40. The Hall–Kier alpha value is -1.96. The van der Waals surface area contributed by atoms with E-state index < -0.39 is 21.7 Å². The number of hydrogen-bond donors (Lipinski definition) is 2. The molecule has 110 valence electrons. The molecule has 0 saturated carbocycles. The second-order valence-corrected chi connectivity index (χ2v) is 6.00. The first kappa shape index (κ1) is 15.4. The summed E-state index contributed by atoms with van der Waals surface area (Å²) in [6.45, 7) is 0. The van der Waals surface area contributed by atoms with E-state index in [4.69, 9.17) is 16.7 Å². The minimum Gasteiger partial charge on any atom is -0.321 e. The zero-order valence-corrected chi connectivity index (χ0v) is 12.1. The zero-order valence-electron chi connectivity index (χ0n) is 10.5. The molecule has 0 aliphatic carbocycles. The Morgan fingerprint density at radius 1 is 1.14 bits per heavy atom. The number of amides is 1. The van der Waals surface area contributed by atoms with Crippen LogP contribution in [-0.2, 0) is 10.0 Å². The Morgan fingerprint density at radius 2 is 1.81 bits per heavy atom. The minimum absolute atomic E-state index is 0.00896. The predicted molar refractivity (Wildman–Crippen MR) is 77.2 cm³/mol. The van der Waals surface area contributed by atoms with Gasteiger partial charge in [0.15, 0.2) is 0 Å². The van der Waals surface area contributed by atoms with Crippen molar-refractivity contribution in [2.24, 2.45) is 5.14 Å². The van der Waals surface area contributed by atoms with Gasteiger partial charge in [-0.3, -0.25) is 4.79 Å². The number of para-hydroxylation sites is 1. The third-order valence-corrected chi connectivity index (χ3v) is 3.99. The molecular formula is C13H10ClFN2O3S. The van der Waals surface area contributed by atoms with Crippen molar-refractivity contribution >= 4 is 33.2 Å². The summed E-state index contributed by atoms with van der Waals surface area (Å²) >= 11 is 5.71. The van der Waals surface area contributed by atoms with E-state index in [-0.39, 0.29) is 21.2 Å². The van der Waals surface area contributed by atoms with Crippen LogP contribution >= 0.6 is 11.6 Å². The third kappa shape index (κ3) is 3.38. The molecule has 0 aliphatic heterocycles. The number of primary sulfonamides is 1. The van der Waals surface area contributed by atoms with Crippen LogP contribution in [-0.4, -0.2) is 14.3 Å². The van der Waals surface area contributed by atoms with Crippen molar-refractivity contribution in [3.05, 3.63) is 58.9 Å². The van der Waals surface area contributed by atoms with Gasteiger partial charge in [-0.05, 0) is 24.3 Å². The van der Waals surface area contributed by atoms with Crippen molar-refractivity contribution in [2.45, 2.75) is 4.90 Å². The largest absolute Gasteiger partial charge is 0.321 e. The highest BCUT2D eigenvalue weighted by molar-refractivity contribution is 7.89. The fraction of sp³-hybridized carbons (Fsp3) is 0. The molecule has 2 aromatic rings. The van der Waals surface area contributed by atoms with E-state index in [2.05, 4.69) is 5.32 Å². The number of benzene rings is 2. The summed E-state index contributed by atoms with van der Waals surface area (Å²) < 4.78 is 36.2. The van der Waals surface area contributed by atoms with E-state index in [9.17, 15) is 17.6 Å². The highest BCUT2D eigenvalue weighted by atomic mass is 35.5. The van der Waals surface area contributed by atoms with E-state index in [1.54, 1.807) is 0 Å². The van der Waals surface area contributed by atoms with Gasteiger partial charge in [0.05, 0.1) is 16.3 Å². The molecule has 2 rings (SSSR count). The standard InChI is InChI=1S/C13H10ClFN2O3S/c14-12-8(4-3-5-9(12)15)13(18)17-10-6-1-2-7-11(10)21(16,19)20/h1-7H,(H,17,18)(H2,16,19,20). The maximum absolute atomic E-state index is 13.3. The molecule has 0 bridgehead atoms. The lowest BCUT2D eigenvalue weighted by Gasteiger charge is -2.10. The van der Waals surface area contributed by atoms with Gasteiger partial charge >= 0.3 is 0 Å². The molecule has 2 aromatic carbocycles. The molecule has 0 unspecified atom stereocenters. The van der Waals surface area contributed by atoms with Crippen LogP contribution in [0.25, 0.3) is 0 Å². The van der Waals surface area contributed by atoms with Crippen LogP contribution in [0.3, 0.4) is 0 Å². The second-order valence-electron chi connectivity index (χ2n) is 4.10. The number of sulfonamides is 1. The molecule has 0 saturated heterocycles. The molecule has 0 heterocycles. The highest BCUT2D eigenvalue weighted by Gasteiger charge is 2.18. The Bertz CT molecular complexity index is 809. The first-order valence-corrected chi connectivity index (χ1v) is 7.60. The van der Waals surface area contributed by atoms with Gasteiger partial charge in [0.2, 0.25) is 10.0 Å². The zero-order chi connectivity index (χ0) is 15.6. The normalized spacial score (nSPS) is 11.2. The number of carbonyl (C=O) groups is 1. The smallest absolute Gasteiger partial charge is 0.257 e. The third-order valence-electron chi connectivity index (χ3n) is 2.64. The molecule has 0 fully saturated rings. The topological polar surface area (TPSA) is 89.3 Å². The highest BCUT2D eigenvalue weighted by Crippen LogP contribution is 2.23. The van der Waals surface area contributed by atoms with Crippen LogP contribution in [0.15, 0.2) is 47.4 Å². The fourth-order valence-corrected chi connectivity index (χ4v) is 2.59. The Kier molecular flexibility index (Phi) is 4.26. The van der Waals surface area contributed by atoms with Gasteiger partial charge in [0, 0.05) is 0 Å². The van der Waals surface area contributed by atoms with Crippen molar-refractivity contribution in [1.82, 2.24) is 0 Å². The van der Waals surface area contributed by atoms with Gasteiger partial charge in [-0.1, -0.05) is 29.8 Å². The molecule has 0 aromatic heterocycles. The minimum atomic E-state index is -4.00. The summed E-state index contributed by atoms with van der Waals surface area (Å²) in [5.74, 6) is -1.49. The molecule has 0 spiro atoms. The van der Waals surface area contributed by atoms with Crippen LogP contribution in [0.2, 0.25) is 5.02 Å². The van der Waals surface area contributed by atoms with Gasteiger partial charge in [0.25, 0.3) is 5.91 Å². The first-order chi connectivity index (χ1) is 9.80. The number of halogens is 2. The van der Waals surface area contributed by atoms with Gasteiger partial charge in [-0.15, -0.1) is 0 Å². The maximum atomic E-state index is 13.3. The number of nitrogens with one attached hydrogen (secondary N) is 1. The van der Waals surface area contributed by atoms with Gasteiger partial charge < -0.3 is 5.32 Å². The van der Waals surface area contributed by atoms with Crippen LogP contribution in [0.4, 0.5) is 10.1 Å². The average molecular weight is 329 g/mol. The Morgan fingerprint density at radius 3 is 2.48 bits per heavy atom. The lowest BCUT2D eigenvalue weighted by Crippen LogP contribution is -2.18. The lowest BCUT2D eigenvalue weighted by molar-refractivity contribution is 0.102. The summed E-state index contributed by atoms with van der Waals surface area (Å²) in [5, 5.41) is 7.07. The predicted octanol–water partition coefficient (Wildman–Crippen LogP) is 2.38. The summed E-state index contributed by atoms with van der Waals surface area (Å²) in [7, 11) is -4.00. The quantitative estimate of drug-likeness (QED) is 0.906. The van der Waals surface area contributed by atoms with Crippen LogP contribution in [0.1, 0.15) is 10.4 Å². The van der Waals surface area contributed by atoms with Gasteiger partial charge in [0.1, 0.15) is 10.7 Å².